The monoisotopic (exact) mass is 307 g/mol. The van der Waals surface area contributed by atoms with Gasteiger partial charge < -0.3 is 14.8 Å². The number of ether oxygens (including phenoxy) is 2. The van der Waals surface area contributed by atoms with Crippen LogP contribution in [0.5, 0.6) is 11.5 Å². The highest BCUT2D eigenvalue weighted by molar-refractivity contribution is 6.35. The molecule has 0 aliphatic carbocycles. The molecule has 2 N–H and O–H groups in total. The van der Waals surface area contributed by atoms with Crippen molar-refractivity contribution in [3.63, 3.8) is 0 Å². The predicted octanol–water partition coefficient (Wildman–Crippen LogP) is 1.07. The van der Waals surface area contributed by atoms with Crippen LogP contribution in [0.15, 0.2) is 23.3 Å². The Bertz CT molecular complexity index is 544. The molecule has 0 heterocycles. The number of amides is 2. The highest BCUT2D eigenvalue weighted by Gasteiger charge is 2.11. The number of unbranched alkanes of at least 4 members (excludes halogenated alkanes) is 1. The van der Waals surface area contributed by atoms with Gasteiger partial charge in [0.25, 0.3) is 0 Å². The highest BCUT2D eigenvalue weighted by atomic mass is 16.5. The zero-order valence-electron chi connectivity index (χ0n) is 13.0. The Balaban J connectivity index is 2.55. The molecule has 1 aromatic carbocycles. The van der Waals surface area contributed by atoms with Crippen LogP contribution in [0.2, 0.25) is 0 Å². The number of rotatable bonds is 7. The van der Waals surface area contributed by atoms with E-state index in [1.54, 1.807) is 25.3 Å². The standard InChI is InChI=1S/C15H21N3O4/c1-4-5-8-16-14(19)15(20)18-17-10-11-6-7-12(21-2)13(9-11)22-3/h6-7,9-10H,4-5,8H2,1-3H3,(H,16,19)(H,18,20)/b17-10+. The van der Waals surface area contributed by atoms with Gasteiger partial charge in [0.15, 0.2) is 11.5 Å². The van der Waals surface area contributed by atoms with E-state index in [9.17, 15) is 9.59 Å². The first kappa shape index (κ1) is 17.5. The summed E-state index contributed by atoms with van der Waals surface area (Å²) in [5.74, 6) is -0.347. The van der Waals surface area contributed by atoms with Gasteiger partial charge in [-0.15, -0.1) is 0 Å². The van der Waals surface area contributed by atoms with Crippen LogP contribution in [0.25, 0.3) is 0 Å². The molecule has 0 aromatic heterocycles. The summed E-state index contributed by atoms with van der Waals surface area (Å²) in [6, 6.07) is 5.17. The Labute approximate surface area is 129 Å². The number of hydrazone groups is 1. The molecule has 7 heteroatoms. The number of benzene rings is 1. The summed E-state index contributed by atoms with van der Waals surface area (Å²) in [7, 11) is 3.07. The molecule has 0 bridgehead atoms. The number of nitrogens with zero attached hydrogens (tertiary/aromatic N) is 1. The van der Waals surface area contributed by atoms with E-state index >= 15 is 0 Å². The maximum Gasteiger partial charge on any atom is 0.329 e. The second kappa shape index (κ2) is 9.38. The largest absolute Gasteiger partial charge is 0.493 e. The van der Waals surface area contributed by atoms with Crippen molar-refractivity contribution in [1.29, 1.82) is 0 Å². The summed E-state index contributed by atoms with van der Waals surface area (Å²) < 4.78 is 10.3. The Morgan fingerprint density at radius 2 is 1.91 bits per heavy atom. The van der Waals surface area contributed by atoms with Crippen LogP contribution in [0.1, 0.15) is 25.3 Å². The van der Waals surface area contributed by atoms with Crippen LogP contribution in [-0.4, -0.2) is 38.8 Å². The van der Waals surface area contributed by atoms with E-state index in [0.29, 0.717) is 23.6 Å². The number of methoxy groups -OCH3 is 2. The summed E-state index contributed by atoms with van der Waals surface area (Å²) in [4.78, 5) is 22.9. The molecule has 0 saturated heterocycles. The van der Waals surface area contributed by atoms with E-state index in [1.165, 1.54) is 13.3 Å². The molecule has 0 atom stereocenters. The van der Waals surface area contributed by atoms with E-state index in [2.05, 4.69) is 15.8 Å². The lowest BCUT2D eigenvalue weighted by atomic mass is 10.2. The number of nitrogens with one attached hydrogen (secondary N) is 2. The minimum atomic E-state index is -0.798. The van der Waals surface area contributed by atoms with Crippen molar-refractivity contribution in [1.82, 2.24) is 10.7 Å². The van der Waals surface area contributed by atoms with Crippen molar-refractivity contribution in [3.05, 3.63) is 23.8 Å². The summed E-state index contributed by atoms with van der Waals surface area (Å²) in [6.07, 6.45) is 3.19. The Kier molecular flexibility index (Phi) is 7.45. The second-order valence-corrected chi connectivity index (χ2v) is 4.42. The molecule has 120 valence electrons. The quantitative estimate of drug-likeness (QED) is 0.341. The van der Waals surface area contributed by atoms with Crippen LogP contribution < -0.4 is 20.2 Å². The van der Waals surface area contributed by atoms with Gasteiger partial charge in [0.2, 0.25) is 0 Å². The zero-order chi connectivity index (χ0) is 16.4. The summed E-state index contributed by atoms with van der Waals surface area (Å²) >= 11 is 0. The smallest absolute Gasteiger partial charge is 0.329 e. The summed E-state index contributed by atoms with van der Waals surface area (Å²) in [5.41, 5.74) is 2.87. The van der Waals surface area contributed by atoms with Gasteiger partial charge in [0, 0.05) is 6.54 Å². The van der Waals surface area contributed by atoms with Gasteiger partial charge in [0.05, 0.1) is 20.4 Å². The molecule has 0 saturated carbocycles. The van der Waals surface area contributed by atoms with E-state index < -0.39 is 11.8 Å². The number of carbonyl (C=O) groups excluding carboxylic acids is 2. The van der Waals surface area contributed by atoms with Gasteiger partial charge in [-0.2, -0.15) is 5.10 Å². The highest BCUT2D eigenvalue weighted by Crippen LogP contribution is 2.26. The normalized spacial score (nSPS) is 10.3. The van der Waals surface area contributed by atoms with E-state index in [1.807, 2.05) is 6.92 Å². The predicted molar refractivity (Wildman–Crippen MR) is 83.2 cm³/mol. The van der Waals surface area contributed by atoms with Gasteiger partial charge in [-0.05, 0) is 30.2 Å². The van der Waals surface area contributed by atoms with Crippen molar-refractivity contribution in [3.8, 4) is 11.5 Å². The van der Waals surface area contributed by atoms with Crippen molar-refractivity contribution in [2.24, 2.45) is 5.10 Å². The van der Waals surface area contributed by atoms with Gasteiger partial charge in [0.1, 0.15) is 0 Å². The molecular formula is C15H21N3O4. The minimum Gasteiger partial charge on any atom is -0.493 e. The third-order valence-corrected chi connectivity index (χ3v) is 2.81. The molecule has 0 aliphatic rings. The molecular weight excluding hydrogens is 286 g/mol. The first-order valence-electron chi connectivity index (χ1n) is 6.95. The van der Waals surface area contributed by atoms with Crippen molar-refractivity contribution in [2.45, 2.75) is 19.8 Å². The lowest BCUT2D eigenvalue weighted by Gasteiger charge is -2.07. The number of hydrogen-bond acceptors (Lipinski definition) is 5. The van der Waals surface area contributed by atoms with Crippen LogP contribution >= 0.6 is 0 Å². The van der Waals surface area contributed by atoms with Crippen LogP contribution in [0.3, 0.4) is 0 Å². The lowest BCUT2D eigenvalue weighted by molar-refractivity contribution is -0.139. The van der Waals surface area contributed by atoms with Crippen LogP contribution in [-0.2, 0) is 9.59 Å². The average Bonchev–Trinajstić information content (AvgIpc) is 2.54. The Morgan fingerprint density at radius 1 is 1.18 bits per heavy atom. The average molecular weight is 307 g/mol. The zero-order valence-corrected chi connectivity index (χ0v) is 13.0. The first-order valence-corrected chi connectivity index (χ1v) is 6.95. The first-order chi connectivity index (χ1) is 10.6. The van der Waals surface area contributed by atoms with Crippen molar-refractivity contribution >= 4 is 18.0 Å². The van der Waals surface area contributed by atoms with Gasteiger partial charge in [-0.25, -0.2) is 5.43 Å². The Morgan fingerprint density at radius 3 is 2.55 bits per heavy atom. The molecule has 22 heavy (non-hydrogen) atoms. The van der Waals surface area contributed by atoms with Gasteiger partial charge in [-0.3, -0.25) is 9.59 Å². The molecule has 1 rings (SSSR count). The molecule has 0 spiro atoms. The SMILES string of the molecule is CCCCNC(=O)C(=O)N/N=C/c1ccc(OC)c(OC)c1. The van der Waals surface area contributed by atoms with Crippen molar-refractivity contribution in [2.75, 3.05) is 20.8 Å². The van der Waals surface area contributed by atoms with Crippen LogP contribution in [0, 0.1) is 0 Å². The van der Waals surface area contributed by atoms with Crippen molar-refractivity contribution < 1.29 is 19.1 Å². The maximum absolute atomic E-state index is 11.5. The molecule has 2 amide bonds. The van der Waals surface area contributed by atoms with Crippen LogP contribution in [0.4, 0.5) is 0 Å². The number of carbonyl (C=O) groups is 2. The summed E-state index contributed by atoms with van der Waals surface area (Å²) in [5, 5.41) is 6.24. The molecule has 0 aliphatic heterocycles. The topological polar surface area (TPSA) is 89.0 Å². The number of hydrogen-bond donors (Lipinski definition) is 2. The fourth-order valence-corrected chi connectivity index (χ4v) is 1.61. The van der Waals surface area contributed by atoms with E-state index in [-0.39, 0.29) is 0 Å². The molecule has 0 radical (unpaired) electrons. The second-order valence-electron chi connectivity index (χ2n) is 4.42. The van der Waals surface area contributed by atoms with Gasteiger partial charge in [-0.1, -0.05) is 13.3 Å². The molecule has 0 unspecified atom stereocenters. The lowest BCUT2D eigenvalue weighted by Crippen LogP contribution is -2.38. The fraction of sp³-hybridized carbons (Fsp3) is 0.400. The maximum atomic E-state index is 11.5. The molecule has 7 nitrogen and oxygen atoms in total. The Hall–Kier alpha value is -2.57. The third kappa shape index (κ3) is 5.43. The fourth-order valence-electron chi connectivity index (χ4n) is 1.61. The minimum absolute atomic E-state index is 0.474. The molecule has 1 aromatic rings. The van der Waals surface area contributed by atoms with Gasteiger partial charge >= 0.3 is 11.8 Å². The summed E-state index contributed by atoms with van der Waals surface area (Å²) in [6.45, 7) is 2.47. The van der Waals surface area contributed by atoms with E-state index in [4.69, 9.17) is 9.47 Å². The molecule has 0 fully saturated rings. The third-order valence-electron chi connectivity index (χ3n) is 2.81. The van der Waals surface area contributed by atoms with E-state index in [0.717, 1.165) is 12.8 Å².